The van der Waals surface area contributed by atoms with Crippen molar-refractivity contribution in [2.24, 2.45) is 0 Å². The van der Waals surface area contributed by atoms with Crippen molar-refractivity contribution in [3.05, 3.63) is 59.4 Å². The van der Waals surface area contributed by atoms with Crippen LogP contribution in [0.3, 0.4) is 0 Å². The van der Waals surface area contributed by atoms with Gasteiger partial charge in [-0.05, 0) is 48.3 Å². The second-order valence-corrected chi connectivity index (χ2v) is 5.52. The molecule has 0 saturated heterocycles. The lowest BCUT2D eigenvalue weighted by Gasteiger charge is -2.16. The molecule has 1 aromatic heterocycles. The summed E-state index contributed by atoms with van der Waals surface area (Å²) in [7, 11) is 0. The van der Waals surface area contributed by atoms with Crippen molar-refractivity contribution in [1.29, 1.82) is 0 Å². The summed E-state index contributed by atoms with van der Waals surface area (Å²) in [5.74, 6) is 0. The fourth-order valence-corrected chi connectivity index (χ4v) is 2.62. The molecule has 0 atom stereocenters. The lowest BCUT2D eigenvalue weighted by molar-refractivity contribution is 0.847. The Morgan fingerprint density at radius 3 is 2.36 bits per heavy atom. The molecule has 2 rings (SSSR count). The Balaban J connectivity index is 1.92. The van der Waals surface area contributed by atoms with Gasteiger partial charge in [0.15, 0.2) is 5.11 Å². The molecular formula is C18H23N3S. The summed E-state index contributed by atoms with van der Waals surface area (Å²) in [5.41, 5.74) is 4.82. The van der Waals surface area contributed by atoms with E-state index in [0.29, 0.717) is 5.11 Å². The molecule has 1 aromatic carbocycles. The van der Waals surface area contributed by atoms with Crippen molar-refractivity contribution in [1.82, 2.24) is 10.3 Å². The van der Waals surface area contributed by atoms with Crippen LogP contribution in [-0.4, -0.2) is 16.6 Å². The first-order valence-corrected chi connectivity index (χ1v) is 8.21. The van der Waals surface area contributed by atoms with Gasteiger partial charge in [-0.3, -0.25) is 4.98 Å². The number of nitrogens with one attached hydrogen (secondary N) is 2. The molecule has 0 aliphatic rings. The number of para-hydroxylation sites is 1. The standard InChI is InChI=1S/C18H23N3S/c1-3-14-8-7-9-15(4-2)17(14)21-18(22)20-13-11-16-10-5-6-12-19-16/h5-10,12H,3-4,11,13H2,1-2H3,(H2,20,21,22). The van der Waals surface area contributed by atoms with Gasteiger partial charge in [-0.1, -0.05) is 38.1 Å². The van der Waals surface area contributed by atoms with E-state index in [1.807, 2.05) is 24.4 Å². The van der Waals surface area contributed by atoms with E-state index < -0.39 is 0 Å². The molecule has 0 aliphatic heterocycles. The maximum atomic E-state index is 5.42. The first kappa shape index (κ1) is 16.4. The van der Waals surface area contributed by atoms with Crippen LogP contribution in [0.1, 0.15) is 30.7 Å². The Kier molecular flexibility index (Phi) is 6.34. The van der Waals surface area contributed by atoms with E-state index in [1.165, 1.54) is 11.1 Å². The lowest BCUT2D eigenvalue weighted by Crippen LogP contribution is -2.31. The first-order chi connectivity index (χ1) is 10.7. The number of pyridine rings is 1. The molecule has 116 valence electrons. The van der Waals surface area contributed by atoms with E-state index in [1.54, 1.807) is 0 Å². The minimum atomic E-state index is 0.673. The Morgan fingerprint density at radius 2 is 1.77 bits per heavy atom. The van der Waals surface area contributed by atoms with E-state index in [4.69, 9.17) is 12.2 Å². The first-order valence-electron chi connectivity index (χ1n) is 7.80. The van der Waals surface area contributed by atoms with Gasteiger partial charge in [0.1, 0.15) is 0 Å². The Bertz CT molecular complexity index is 589. The van der Waals surface area contributed by atoms with Crippen LogP contribution in [0, 0.1) is 0 Å². The zero-order valence-corrected chi connectivity index (χ0v) is 14.0. The highest BCUT2D eigenvalue weighted by Crippen LogP contribution is 2.22. The average molecular weight is 313 g/mol. The van der Waals surface area contributed by atoms with Gasteiger partial charge >= 0.3 is 0 Å². The minimum Gasteiger partial charge on any atom is -0.362 e. The number of rotatable bonds is 6. The van der Waals surface area contributed by atoms with Gasteiger partial charge in [0.2, 0.25) is 0 Å². The second-order valence-electron chi connectivity index (χ2n) is 5.11. The molecule has 22 heavy (non-hydrogen) atoms. The molecule has 0 bridgehead atoms. The zero-order valence-electron chi connectivity index (χ0n) is 13.2. The fraction of sp³-hybridized carbons (Fsp3) is 0.333. The molecule has 0 unspecified atom stereocenters. The van der Waals surface area contributed by atoms with Crippen LogP contribution < -0.4 is 10.6 Å². The molecular weight excluding hydrogens is 290 g/mol. The number of hydrogen-bond acceptors (Lipinski definition) is 2. The summed E-state index contributed by atoms with van der Waals surface area (Å²) in [6.45, 7) is 5.10. The summed E-state index contributed by atoms with van der Waals surface area (Å²) < 4.78 is 0. The summed E-state index contributed by atoms with van der Waals surface area (Å²) in [5, 5.41) is 7.30. The van der Waals surface area contributed by atoms with Gasteiger partial charge in [-0.25, -0.2) is 0 Å². The van der Waals surface area contributed by atoms with Gasteiger partial charge in [0.25, 0.3) is 0 Å². The van der Waals surface area contributed by atoms with Crippen LogP contribution in [-0.2, 0) is 19.3 Å². The average Bonchev–Trinajstić information content (AvgIpc) is 2.56. The third kappa shape index (κ3) is 4.53. The zero-order chi connectivity index (χ0) is 15.8. The molecule has 0 spiro atoms. The molecule has 1 heterocycles. The summed E-state index contributed by atoms with van der Waals surface area (Å²) in [6.07, 6.45) is 4.66. The minimum absolute atomic E-state index is 0.673. The summed E-state index contributed by atoms with van der Waals surface area (Å²) in [6, 6.07) is 12.4. The highest BCUT2D eigenvalue weighted by molar-refractivity contribution is 7.80. The topological polar surface area (TPSA) is 37.0 Å². The second kappa shape index (κ2) is 8.49. The Labute approximate surface area is 138 Å². The molecule has 0 fully saturated rings. The number of hydrogen-bond donors (Lipinski definition) is 2. The number of aromatic nitrogens is 1. The predicted octanol–water partition coefficient (Wildman–Crippen LogP) is 3.74. The Morgan fingerprint density at radius 1 is 1.05 bits per heavy atom. The molecule has 3 nitrogen and oxygen atoms in total. The third-order valence-electron chi connectivity index (χ3n) is 3.63. The van der Waals surface area contributed by atoms with Crippen LogP contribution in [0.5, 0.6) is 0 Å². The van der Waals surface area contributed by atoms with Gasteiger partial charge in [0, 0.05) is 30.5 Å². The SMILES string of the molecule is CCc1cccc(CC)c1NC(=S)NCCc1ccccn1. The molecule has 2 aromatic rings. The van der Waals surface area contributed by atoms with E-state index in [0.717, 1.165) is 37.2 Å². The van der Waals surface area contributed by atoms with Crippen LogP contribution in [0.2, 0.25) is 0 Å². The molecule has 0 saturated carbocycles. The smallest absolute Gasteiger partial charge is 0.170 e. The predicted molar refractivity (Wildman–Crippen MR) is 97.4 cm³/mol. The molecule has 4 heteroatoms. The highest BCUT2D eigenvalue weighted by atomic mass is 32.1. The van der Waals surface area contributed by atoms with E-state index in [9.17, 15) is 0 Å². The van der Waals surface area contributed by atoms with Crippen molar-refractivity contribution in [3.8, 4) is 0 Å². The monoisotopic (exact) mass is 313 g/mol. The number of aryl methyl sites for hydroxylation is 2. The maximum Gasteiger partial charge on any atom is 0.170 e. The van der Waals surface area contributed by atoms with Gasteiger partial charge in [-0.2, -0.15) is 0 Å². The van der Waals surface area contributed by atoms with Crippen LogP contribution in [0.25, 0.3) is 0 Å². The summed E-state index contributed by atoms with van der Waals surface area (Å²) in [4.78, 5) is 4.31. The number of anilines is 1. The van der Waals surface area contributed by atoms with Crippen molar-refractivity contribution < 1.29 is 0 Å². The molecule has 2 N–H and O–H groups in total. The van der Waals surface area contributed by atoms with Crippen LogP contribution >= 0.6 is 12.2 Å². The van der Waals surface area contributed by atoms with Crippen molar-refractivity contribution in [3.63, 3.8) is 0 Å². The highest BCUT2D eigenvalue weighted by Gasteiger charge is 2.07. The van der Waals surface area contributed by atoms with Crippen LogP contribution in [0.15, 0.2) is 42.6 Å². The maximum absolute atomic E-state index is 5.42. The third-order valence-corrected chi connectivity index (χ3v) is 3.88. The molecule has 0 amide bonds. The van der Waals surface area contributed by atoms with E-state index >= 15 is 0 Å². The number of thiocarbonyl (C=S) groups is 1. The fourth-order valence-electron chi connectivity index (χ4n) is 2.41. The van der Waals surface area contributed by atoms with Crippen LogP contribution in [0.4, 0.5) is 5.69 Å². The Hall–Kier alpha value is -1.94. The van der Waals surface area contributed by atoms with E-state index in [2.05, 4.69) is 47.7 Å². The summed E-state index contributed by atoms with van der Waals surface area (Å²) >= 11 is 5.42. The van der Waals surface area contributed by atoms with Gasteiger partial charge in [-0.15, -0.1) is 0 Å². The number of benzene rings is 1. The lowest BCUT2D eigenvalue weighted by atomic mass is 10.0. The van der Waals surface area contributed by atoms with Gasteiger partial charge < -0.3 is 10.6 Å². The number of nitrogens with zero attached hydrogens (tertiary/aromatic N) is 1. The van der Waals surface area contributed by atoms with Crippen molar-refractivity contribution >= 4 is 23.0 Å². The quantitative estimate of drug-likeness (QED) is 0.797. The normalized spacial score (nSPS) is 10.3. The van der Waals surface area contributed by atoms with E-state index in [-0.39, 0.29) is 0 Å². The largest absolute Gasteiger partial charge is 0.362 e. The molecule has 0 aliphatic carbocycles. The van der Waals surface area contributed by atoms with Gasteiger partial charge in [0.05, 0.1) is 0 Å². The van der Waals surface area contributed by atoms with Crippen molar-refractivity contribution in [2.45, 2.75) is 33.1 Å². The van der Waals surface area contributed by atoms with Crippen molar-refractivity contribution in [2.75, 3.05) is 11.9 Å². The molecule has 0 radical (unpaired) electrons.